The van der Waals surface area contributed by atoms with Crippen molar-refractivity contribution in [1.82, 2.24) is 0 Å². The van der Waals surface area contributed by atoms with Gasteiger partial charge in [0.2, 0.25) is 0 Å². The quantitative estimate of drug-likeness (QED) is 0.832. The SMILES string of the molecule is CC(C)CCc1cc(C(=O)O)sc1C(=O)O. The van der Waals surface area contributed by atoms with Gasteiger partial charge in [-0.1, -0.05) is 13.8 Å². The molecular weight excluding hydrogens is 228 g/mol. The molecule has 4 nitrogen and oxygen atoms in total. The van der Waals surface area contributed by atoms with E-state index in [1.165, 1.54) is 6.07 Å². The fourth-order valence-electron chi connectivity index (χ4n) is 1.35. The van der Waals surface area contributed by atoms with Crippen LogP contribution in [0.3, 0.4) is 0 Å². The predicted molar refractivity (Wildman–Crippen MR) is 61.4 cm³/mol. The third-order valence-corrected chi connectivity index (χ3v) is 3.36. The highest BCUT2D eigenvalue weighted by Crippen LogP contribution is 2.24. The molecule has 1 aromatic heterocycles. The van der Waals surface area contributed by atoms with Crippen molar-refractivity contribution in [2.24, 2.45) is 5.92 Å². The third-order valence-electron chi connectivity index (χ3n) is 2.21. The van der Waals surface area contributed by atoms with Gasteiger partial charge in [-0.15, -0.1) is 11.3 Å². The normalized spacial score (nSPS) is 10.7. The number of aromatic carboxylic acids is 2. The first-order valence-electron chi connectivity index (χ1n) is 5.01. The monoisotopic (exact) mass is 242 g/mol. The molecule has 0 spiro atoms. The molecule has 1 rings (SSSR count). The number of aryl methyl sites for hydroxylation is 1. The molecule has 0 radical (unpaired) electrons. The van der Waals surface area contributed by atoms with Gasteiger partial charge in [0.15, 0.2) is 0 Å². The maximum Gasteiger partial charge on any atom is 0.346 e. The van der Waals surface area contributed by atoms with Crippen LogP contribution in [-0.2, 0) is 6.42 Å². The Balaban J connectivity index is 2.96. The first-order chi connectivity index (χ1) is 7.41. The fraction of sp³-hybridized carbons (Fsp3) is 0.455. The van der Waals surface area contributed by atoms with Crippen LogP contribution in [0.25, 0.3) is 0 Å². The lowest BCUT2D eigenvalue weighted by Gasteiger charge is -2.03. The molecule has 0 aliphatic rings. The minimum Gasteiger partial charge on any atom is -0.477 e. The Morgan fingerprint density at radius 1 is 1.31 bits per heavy atom. The largest absolute Gasteiger partial charge is 0.477 e. The van der Waals surface area contributed by atoms with Crippen molar-refractivity contribution < 1.29 is 19.8 Å². The summed E-state index contributed by atoms with van der Waals surface area (Å²) in [5.41, 5.74) is 0.628. The minimum absolute atomic E-state index is 0.0937. The molecule has 0 saturated carbocycles. The molecule has 0 aliphatic carbocycles. The summed E-state index contributed by atoms with van der Waals surface area (Å²) in [6, 6.07) is 1.47. The van der Waals surface area contributed by atoms with Gasteiger partial charge in [-0.05, 0) is 30.4 Å². The zero-order valence-corrected chi connectivity index (χ0v) is 10.0. The lowest BCUT2D eigenvalue weighted by molar-refractivity contribution is 0.0692. The van der Waals surface area contributed by atoms with E-state index < -0.39 is 11.9 Å². The molecule has 5 heteroatoms. The summed E-state index contributed by atoms with van der Waals surface area (Å²) in [5, 5.41) is 17.7. The molecule has 0 saturated heterocycles. The second kappa shape index (κ2) is 5.12. The summed E-state index contributed by atoms with van der Waals surface area (Å²) in [5.74, 6) is -1.64. The topological polar surface area (TPSA) is 74.6 Å². The van der Waals surface area contributed by atoms with Crippen LogP contribution in [0.5, 0.6) is 0 Å². The smallest absolute Gasteiger partial charge is 0.346 e. The summed E-state index contributed by atoms with van der Waals surface area (Å²) in [6.07, 6.45) is 1.47. The molecule has 0 bridgehead atoms. The Morgan fingerprint density at radius 2 is 1.94 bits per heavy atom. The molecule has 0 unspecified atom stereocenters. The molecule has 16 heavy (non-hydrogen) atoms. The maximum absolute atomic E-state index is 10.9. The Hall–Kier alpha value is -1.36. The van der Waals surface area contributed by atoms with Crippen LogP contribution >= 0.6 is 11.3 Å². The predicted octanol–water partition coefficient (Wildman–Crippen LogP) is 2.73. The number of hydrogen-bond acceptors (Lipinski definition) is 3. The second-order valence-corrected chi connectivity index (χ2v) is 5.06. The first-order valence-corrected chi connectivity index (χ1v) is 5.82. The van der Waals surface area contributed by atoms with E-state index in [9.17, 15) is 9.59 Å². The molecule has 0 aromatic carbocycles. The fourth-order valence-corrected chi connectivity index (χ4v) is 2.23. The van der Waals surface area contributed by atoms with E-state index in [1.807, 2.05) is 13.8 Å². The third kappa shape index (κ3) is 3.06. The van der Waals surface area contributed by atoms with Crippen LogP contribution in [0.4, 0.5) is 0 Å². The van der Waals surface area contributed by atoms with Gasteiger partial charge in [0.25, 0.3) is 0 Å². The minimum atomic E-state index is -1.07. The molecular formula is C11H14O4S. The van der Waals surface area contributed by atoms with Crippen molar-refractivity contribution in [3.63, 3.8) is 0 Å². The van der Waals surface area contributed by atoms with E-state index in [0.717, 1.165) is 17.8 Å². The zero-order chi connectivity index (χ0) is 12.3. The Bertz CT molecular complexity index is 406. The van der Waals surface area contributed by atoms with Gasteiger partial charge in [-0.25, -0.2) is 9.59 Å². The van der Waals surface area contributed by atoms with Gasteiger partial charge in [0.1, 0.15) is 9.75 Å². The van der Waals surface area contributed by atoms with Crippen molar-refractivity contribution in [2.75, 3.05) is 0 Å². The highest BCUT2D eigenvalue weighted by molar-refractivity contribution is 7.15. The number of carboxylic acid groups (broad SMARTS) is 2. The van der Waals surface area contributed by atoms with Crippen molar-refractivity contribution in [3.8, 4) is 0 Å². The van der Waals surface area contributed by atoms with E-state index in [-0.39, 0.29) is 9.75 Å². The number of carbonyl (C=O) groups is 2. The van der Waals surface area contributed by atoms with Crippen molar-refractivity contribution >= 4 is 23.3 Å². The molecule has 88 valence electrons. The van der Waals surface area contributed by atoms with Crippen LogP contribution in [0.1, 0.15) is 45.2 Å². The summed E-state index contributed by atoms with van der Waals surface area (Å²) in [4.78, 5) is 21.9. The zero-order valence-electron chi connectivity index (χ0n) is 9.19. The van der Waals surface area contributed by atoms with Crippen LogP contribution in [-0.4, -0.2) is 22.2 Å². The average Bonchev–Trinajstić information content (AvgIpc) is 2.58. The van der Waals surface area contributed by atoms with E-state index in [4.69, 9.17) is 10.2 Å². The standard InChI is InChI=1S/C11H14O4S/c1-6(2)3-4-7-5-8(10(12)13)16-9(7)11(14)15/h5-6H,3-4H2,1-2H3,(H,12,13)(H,14,15). The average molecular weight is 242 g/mol. The van der Waals surface area contributed by atoms with Crippen molar-refractivity contribution in [3.05, 3.63) is 21.4 Å². The number of hydrogen-bond donors (Lipinski definition) is 2. The van der Waals surface area contributed by atoms with Gasteiger partial charge >= 0.3 is 11.9 Å². The second-order valence-electron chi connectivity index (χ2n) is 4.01. The highest BCUT2D eigenvalue weighted by atomic mass is 32.1. The Labute approximate surface area is 97.5 Å². The Kier molecular flexibility index (Phi) is 4.06. The van der Waals surface area contributed by atoms with Gasteiger partial charge in [-0.3, -0.25) is 0 Å². The van der Waals surface area contributed by atoms with Crippen LogP contribution < -0.4 is 0 Å². The van der Waals surface area contributed by atoms with Gasteiger partial charge in [-0.2, -0.15) is 0 Å². The lowest BCUT2D eigenvalue weighted by Crippen LogP contribution is -1.99. The van der Waals surface area contributed by atoms with Crippen molar-refractivity contribution in [2.45, 2.75) is 26.7 Å². The van der Waals surface area contributed by atoms with Gasteiger partial charge in [0, 0.05) is 0 Å². The summed E-state index contributed by atoms with van der Waals surface area (Å²) >= 11 is 0.828. The van der Waals surface area contributed by atoms with Gasteiger partial charge < -0.3 is 10.2 Å². The number of rotatable bonds is 5. The summed E-state index contributed by atoms with van der Waals surface area (Å²) < 4.78 is 0. The number of thiophene rings is 1. The van der Waals surface area contributed by atoms with E-state index in [1.54, 1.807) is 0 Å². The molecule has 2 N–H and O–H groups in total. The molecule has 0 fully saturated rings. The molecule has 1 heterocycles. The highest BCUT2D eigenvalue weighted by Gasteiger charge is 2.18. The van der Waals surface area contributed by atoms with E-state index in [2.05, 4.69) is 0 Å². The summed E-state index contributed by atoms with van der Waals surface area (Å²) in [6.45, 7) is 4.09. The molecule has 1 aromatic rings. The van der Waals surface area contributed by atoms with Crippen LogP contribution in [0, 0.1) is 5.92 Å². The molecule has 0 atom stereocenters. The van der Waals surface area contributed by atoms with Crippen LogP contribution in [0.15, 0.2) is 6.07 Å². The number of carboxylic acids is 2. The summed E-state index contributed by atoms with van der Waals surface area (Å²) in [7, 11) is 0. The van der Waals surface area contributed by atoms with Crippen LogP contribution in [0.2, 0.25) is 0 Å². The lowest BCUT2D eigenvalue weighted by atomic mass is 10.0. The van der Waals surface area contributed by atoms with E-state index >= 15 is 0 Å². The van der Waals surface area contributed by atoms with E-state index in [0.29, 0.717) is 17.9 Å². The van der Waals surface area contributed by atoms with Crippen molar-refractivity contribution in [1.29, 1.82) is 0 Å². The van der Waals surface area contributed by atoms with Gasteiger partial charge in [0.05, 0.1) is 0 Å². The first kappa shape index (κ1) is 12.7. The molecule has 0 amide bonds. The Morgan fingerprint density at radius 3 is 2.38 bits per heavy atom. The molecule has 0 aliphatic heterocycles. The maximum atomic E-state index is 10.9.